The number of amides is 2. The molecule has 2 amide bonds. The zero-order valence-electron chi connectivity index (χ0n) is 18.6. The van der Waals surface area contributed by atoms with Crippen LogP contribution in [0.25, 0.3) is 16.7 Å². The molecule has 0 saturated carbocycles. The maximum atomic E-state index is 13.2. The second-order valence-electron chi connectivity index (χ2n) is 7.88. The van der Waals surface area contributed by atoms with Gasteiger partial charge in [0.05, 0.1) is 27.4 Å². The number of benzene rings is 2. The molecule has 0 aliphatic rings. The number of aromatic nitrogens is 4. The molecule has 2 N–H and O–H groups in total. The summed E-state index contributed by atoms with van der Waals surface area (Å²) >= 11 is 7.31. The second-order valence-corrected chi connectivity index (χ2v) is 9.23. The van der Waals surface area contributed by atoms with Crippen molar-refractivity contribution in [2.75, 3.05) is 11.1 Å². The molecule has 0 radical (unpaired) electrons. The van der Waals surface area contributed by atoms with Crippen molar-refractivity contribution in [2.45, 2.75) is 38.0 Å². The van der Waals surface area contributed by atoms with Crippen molar-refractivity contribution in [3.05, 3.63) is 63.9 Å². The molecule has 11 heteroatoms. The molecule has 9 nitrogen and oxygen atoms in total. The van der Waals surface area contributed by atoms with Gasteiger partial charge < -0.3 is 10.6 Å². The fourth-order valence-corrected chi connectivity index (χ4v) is 4.44. The number of para-hydroxylation sites is 2. The molecular weight excluding hydrogens is 476 g/mol. The summed E-state index contributed by atoms with van der Waals surface area (Å²) in [7, 11) is 0. The van der Waals surface area contributed by atoms with Gasteiger partial charge in [-0.25, -0.2) is 0 Å². The molecule has 0 aliphatic carbocycles. The van der Waals surface area contributed by atoms with Crippen LogP contribution in [0.3, 0.4) is 0 Å². The SMILES string of the molecule is CC(C)NC(=O)CCn1c(=O)c2ccccc2n2c(SCC(=O)Nc3ccccc3Cl)nnc12. The van der Waals surface area contributed by atoms with Crippen molar-refractivity contribution in [1.82, 2.24) is 24.5 Å². The molecule has 34 heavy (non-hydrogen) atoms. The number of hydrogen-bond donors (Lipinski definition) is 2. The van der Waals surface area contributed by atoms with Gasteiger partial charge in [-0.15, -0.1) is 10.2 Å². The van der Waals surface area contributed by atoms with Crippen molar-refractivity contribution in [3.8, 4) is 0 Å². The molecule has 0 unspecified atom stereocenters. The number of nitrogens with one attached hydrogen (secondary N) is 2. The first-order chi connectivity index (χ1) is 16.3. The third-order valence-electron chi connectivity index (χ3n) is 4.97. The van der Waals surface area contributed by atoms with Crippen LogP contribution in [-0.2, 0) is 16.1 Å². The molecule has 2 heterocycles. The number of rotatable bonds is 8. The van der Waals surface area contributed by atoms with Crippen LogP contribution in [0, 0.1) is 0 Å². The normalized spacial score (nSPS) is 11.3. The molecule has 176 valence electrons. The van der Waals surface area contributed by atoms with E-state index in [1.165, 1.54) is 16.3 Å². The summed E-state index contributed by atoms with van der Waals surface area (Å²) in [5.74, 6) is -0.0255. The van der Waals surface area contributed by atoms with Gasteiger partial charge in [-0.1, -0.05) is 47.6 Å². The van der Waals surface area contributed by atoms with E-state index in [2.05, 4.69) is 20.8 Å². The lowest BCUT2D eigenvalue weighted by Crippen LogP contribution is -2.32. The number of halogens is 1. The minimum Gasteiger partial charge on any atom is -0.354 e. The quantitative estimate of drug-likeness (QED) is 0.360. The summed E-state index contributed by atoms with van der Waals surface area (Å²) in [6, 6.07) is 14.1. The van der Waals surface area contributed by atoms with Crippen LogP contribution in [-0.4, -0.2) is 42.8 Å². The number of carbonyl (C=O) groups is 2. The Kier molecular flexibility index (Phi) is 7.18. The third-order valence-corrected chi connectivity index (χ3v) is 6.23. The van der Waals surface area contributed by atoms with E-state index >= 15 is 0 Å². The third kappa shape index (κ3) is 5.07. The molecule has 0 bridgehead atoms. The van der Waals surface area contributed by atoms with Crippen molar-refractivity contribution in [1.29, 1.82) is 0 Å². The molecule has 0 fully saturated rings. The fraction of sp³-hybridized carbons (Fsp3) is 0.261. The molecule has 4 rings (SSSR count). The van der Waals surface area contributed by atoms with Crippen LogP contribution >= 0.6 is 23.4 Å². The Labute approximate surface area is 204 Å². The summed E-state index contributed by atoms with van der Waals surface area (Å²) in [6.07, 6.45) is 0.127. The number of hydrogen-bond acceptors (Lipinski definition) is 6. The minimum atomic E-state index is -0.252. The minimum absolute atomic E-state index is 0.00820. The predicted octanol–water partition coefficient (Wildman–Crippen LogP) is 3.34. The number of aryl methyl sites for hydroxylation is 1. The van der Waals surface area contributed by atoms with E-state index < -0.39 is 0 Å². The average Bonchev–Trinajstić information content (AvgIpc) is 3.23. The zero-order chi connectivity index (χ0) is 24.2. The molecule has 2 aromatic heterocycles. The molecule has 2 aromatic carbocycles. The lowest BCUT2D eigenvalue weighted by molar-refractivity contribution is -0.121. The number of fused-ring (bicyclic) bond motifs is 3. The van der Waals surface area contributed by atoms with Crippen LogP contribution in [0.15, 0.2) is 58.5 Å². The highest BCUT2D eigenvalue weighted by Crippen LogP contribution is 2.24. The highest BCUT2D eigenvalue weighted by molar-refractivity contribution is 7.99. The van der Waals surface area contributed by atoms with Gasteiger partial charge >= 0.3 is 0 Å². The van der Waals surface area contributed by atoms with Gasteiger partial charge in [0.15, 0.2) is 5.16 Å². The van der Waals surface area contributed by atoms with Crippen LogP contribution in [0.1, 0.15) is 20.3 Å². The number of carbonyl (C=O) groups excluding carboxylic acids is 2. The van der Waals surface area contributed by atoms with Crippen molar-refractivity contribution in [2.24, 2.45) is 0 Å². The molecular formula is C23H23ClN6O3S. The van der Waals surface area contributed by atoms with Gasteiger partial charge in [-0.05, 0) is 38.1 Å². The summed E-state index contributed by atoms with van der Waals surface area (Å²) < 4.78 is 3.19. The van der Waals surface area contributed by atoms with E-state index in [-0.39, 0.29) is 42.1 Å². The summed E-state index contributed by atoms with van der Waals surface area (Å²) in [5.41, 5.74) is 0.907. The highest BCUT2D eigenvalue weighted by atomic mass is 35.5. The van der Waals surface area contributed by atoms with Crippen LogP contribution in [0.2, 0.25) is 5.02 Å². The monoisotopic (exact) mass is 498 g/mol. The van der Waals surface area contributed by atoms with E-state index in [1.807, 2.05) is 19.9 Å². The molecule has 0 aliphatic heterocycles. The van der Waals surface area contributed by atoms with E-state index in [9.17, 15) is 14.4 Å². The predicted molar refractivity (Wildman–Crippen MR) is 133 cm³/mol. The Morgan fingerprint density at radius 1 is 1.06 bits per heavy atom. The molecule has 0 atom stereocenters. The smallest absolute Gasteiger partial charge is 0.262 e. The lowest BCUT2D eigenvalue weighted by atomic mass is 10.2. The Morgan fingerprint density at radius 3 is 2.56 bits per heavy atom. The average molecular weight is 499 g/mol. The van der Waals surface area contributed by atoms with Gasteiger partial charge in [0, 0.05) is 19.0 Å². The Morgan fingerprint density at radius 2 is 1.79 bits per heavy atom. The Balaban J connectivity index is 1.63. The van der Waals surface area contributed by atoms with E-state index in [4.69, 9.17) is 11.6 Å². The number of anilines is 1. The van der Waals surface area contributed by atoms with Crippen LogP contribution in [0.5, 0.6) is 0 Å². The first kappa shape index (κ1) is 23.8. The molecule has 4 aromatic rings. The van der Waals surface area contributed by atoms with E-state index in [0.717, 1.165) is 0 Å². The summed E-state index contributed by atoms with van der Waals surface area (Å²) in [5, 5.41) is 15.4. The van der Waals surface area contributed by atoms with Gasteiger partial charge in [0.25, 0.3) is 5.56 Å². The largest absolute Gasteiger partial charge is 0.354 e. The van der Waals surface area contributed by atoms with Gasteiger partial charge in [0.2, 0.25) is 17.6 Å². The standard InChI is InChI=1S/C23H23ClN6O3S/c1-14(2)25-19(31)11-12-29-21(33)15-7-3-6-10-18(15)30-22(29)27-28-23(30)34-13-20(32)26-17-9-5-4-8-16(17)24/h3-10,14H,11-13H2,1-2H3,(H,25,31)(H,26,32). The van der Waals surface area contributed by atoms with Crippen LogP contribution in [0.4, 0.5) is 5.69 Å². The summed E-state index contributed by atoms with van der Waals surface area (Å²) in [4.78, 5) is 37.8. The van der Waals surface area contributed by atoms with Crippen molar-refractivity contribution in [3.63, 3.8) is 0 Å². The highest BCUT2D eigenvalue weighted by Gasteiger charge is 2.18. The lowest BCUT2D eigenvalue weighted by Gasteiger charge is -2.12. The second kappa shape index (κ2) is 10.3. The molecule has 0 spiro atoms. The zero-order valence-corrected chi connectivity index (χ0v) is 20.2. The number of nitrogens with zero attached hydrogens (tertiary/aromatic N) is 4. The fourth-order valence-electron chi connectivity index (χ4n) is 3.52. The Bertz CT molecular complexity index is 1430. The van der Waals surface area contributed by atoms with Gasteiger partial charge in [0.1, 0.15) is 0 Å². The van der Waals surface area contributed by atoms with Crippen molar-refractivity contribution >= 4 is 57.5 Å². The van der Waals surface area contributed by atoms with Crippen LogP contribution < -0.4 is 16.2 Å². The van der Waals surface area contributed by atoms with Crippen molar-refractivity contribution < 1.29 is 9.59 Å². The maximum Gasteiger partial charge on any atom is 0.262 e. The summed E-state index contributed by atoms with van der Waals surface area (Å²) in [6.45, 7) is 3.91. The van der Waals surface area contributed by atoms with Gasteiger partial charge in [-0.3, -0.25) is 23.4 Å². The topological polar surface area (TPSA) is 110 Å². The number of thioether (sulfide) groups is 1. The first-order valence-electron chi connectivity index (χ1n) is 10.7. The van der Waals surface area contributed by atoms with Gasteiger partial charge in [-0.2, -0.15) is 0 Å². The van der Waals surface area contributed by atoms with E-state index in [1.54, 1.807) is 46.9 Å². The molecule has 0 saturated heterocycles. The Hall–Kier alpha value is -3.37. The maximum absolute atomic E-state index is 13.2. The van der Waals surface area contributed by atoms with E-state index in [0.29, 0.717) is 32.5 Å². The first-order valence-corrected chi connectivity index (χ1v) is 12.0.